The molecule has 0 bridgehead atoms. The molecule has 1 aromatic heterocycles. The lowest BCUT2D eigenvalue weighted by Gasteiger charge is -2.21. The number of fused-ring (bicyclic) bond motifs is 3. The zero-order valence-corrected chi connectivity index (χ0v) is 20.9. The molecule has 2 N–H and O–H groups in total. The predicted octanol–water partition coefficient (Wildman–Crippen LogP) is 4.98. The average Bonchev–Trinajstić information content (AvgIpc) is 3.62. The number of carbonyl (C=O) groups is 2. The highest BCUT2D eigenvalue weighted by Crippen LogP contribution is 2.44. The summed E-state index contributed by atoms with van der Waals surface area (Å²) in [5, 5.41) is 5.80. The second-order valence-electron chi connectivity index (χ2n) is 9.99. The Labute approximate surface area is 216 Å². The number of ether oxygens (including phenoxy) is 1. The SMILES string of the molecule is CCC1COC2c3c(NC(=O)Nc4cc(C5CCN(Cc6ccccc6)C5)ccn4)cccc3C(=O)N12. The van der Waals surface area contributed by atoms with E-state index in [-0.39, 0.29) is 11.9 Å². The first-order valence-electron chi connectivity index (χ1n) is 13.0. The molecule has 3 unspecified atom stereocenters. The highest BCUT2D eigenvalue weighted by atomic mass is 16.5. The summed E-state index contributed by atoms with van der Waals surface area (Å²) in [6, 6.07) is 19.6. The molecule has 0 aliphatic carbocycles. The van der Waals surface area contributed by atoms with Crippen molar-refractivity contribution in [1.29, 1.82) is 0 Å². The van der Waals surface area contributed by atoms with Crippen molar-refractivity contribution < 1.29 is 14.3 Å². The second-order valence-corrected chi connectivity index (χ2v) is 9.99. The number of benzene rings is 2. The number of hydrogen-bond acceptors (Lipinski definition) is 5. The van der Waals surface area contributed by atoms with Crippen LogP contribution in [0.4, 0.5) is 16.3 Å². The molecule has 3 atom stereocenters. The first kappa shape index (κ1) is 23.6. The minimum absolute atomic E-state index is 0.0411. The molecule has 0 spiro atoms. The quantitative estimate of drug-likeness (QED) is 0.502. The van der Waals surface area contributed by atoms with Crippen molar-refractivity contribution in [1.82, 2.24) is 14.8 Å². The molecule has 190 valence electrons. The number of nitrogens with one attached hydrogen (secondary N) is 2. The van der Waals surface area contributed by atoms with Crippen LogP contribution in [0.1, 0.15) is 59.0 Å². The standard InChI is InChI=1S/C29H31N5O3/c1-2-22-18-37-28-26-23(27(35)34(22)28)9-6-10-24(26)31-29(36)32-25-15-20(11-13-30-25)21-12-14-33(17-21)16-19-7-4-3-5-8-19/h3-11,13,15,21-22,28H,2,12,14,16-18H2,1H3,(H2,30,31,32,36). The number of anilines is 2. The van der Waals surface area contributed by atoms with E-state index < -0.39 is 12.3 Å². The van der Waals surface area contributed by atoms with Crippen LogP contribution in [-0.2, 0) is 11.3 Å². The van der Waals surface area contributed by atoms with E-state index in [0.29, 0.717) is 29.6 Å². The van der Waals surface area contributed by atoms with Crippen LogP contribution in [0, 0.1) is 0 Å². The summed E-state index contributed by atoms with van der Waals surface area (Å²) in [6.45, 7) is 5.52. The number of amides is 3. The largest absolute Gasteiger partial charge is 0.352 e. The fourth-order valence-electron chi connectivity index (χ4n) is 5.76. The van der Waals surface area contributed by atoms with Gasteiger partial charge in [-0.3, -0.25) is 15.0 Å². The lowest BCUT2D eigenvalue weighted by Crippen LogP contribution is -2.33. The number of rotatable bonds is 6. The number of nitrogens with zero attached hydrogens (tertiary/aromatic N) is 3. The van der Waals surface area contributed by atoms with Crippen molar-refractivity contribution in [2.24, 2.45) is 0 Å². The van der Waals surface area contributed by atoms with Gasteiger partial charge in [0.15, 0.2) is 6.23 Å². The molecule has 37 heavy (non-hydrogen) atoms. The first-order valence-corrected chi connectivity index (χ1v) is 13.0. The van der Waals surface area contributed by atoms with Gasteiger partial charge >= 0.3 is 6.03 Å². The van der Waals surface area contributed by atoms with E-state index in [1.165, 1.54) is 11.1 Å². The third-order valence-corrected chi connectivity index (χ3v) is 7.65. The molecular weight excluding hydrogens is 466 g/mol. The summed E-state index contributed by atoms with van der Waals surface area (Å²) in [5.41, 5.74) is 4.39. The normalized spacial score (nSPS) is 22.7. The van der Waals surface area contributed by atoms with Crippen molar-refractivity contribution in [3.63, 3.8) is 0 Å². The van der Waals surface area contributed by atoms with E-state index in [4.69, 9.17) is 4.74 Å². The monoisotopic (exact) mass is 497 g/mol. The van der Waals surface area contributed by atoms with Crippen molar-refractivity contribution in [3.8, 4) is 0 Å². The topological polar surface area (TPSA) is 86.8 Å². The molecular formula is C29H31N5O3. The summed E-state index contributed by atoms with van der Waals surface area (Å²) in [7, 11) is 0. The van der Waals surface area contributed by atoms with Gasteiger partial charge in [-0.15, -0.1) is 0 Å². The van der Waals surface area contributed by atoms with Crippen LogP contribution in [0.15, 0.2) is 66.9 Å². The number of hydrogen-bond donors (Lipinski definition) is 2. The number of pyridine rings is 1. The van der Waals surface area contributed by atoms with Crippen molar-refractivity contribution >= 4 is 23.4 Å². The van der Waals surface area contributed by atoms with Crippen LogP contribution < -0.4 is 10.6 Å². The van der Waals surface area contributed by atoms with Crippen LogP contribution in [-0.4, -0.2) is 52.5 Å². The maximum Gasteiger partial charge on any atom is 0.324 e. The van der Waals surface area contributed by atoms with Crippen molar-refractivity contribution in [3.05, 3.63) is 89.1 Å². The number of urea groups is 1. The second kappa shape index (κ2) is 9.95. The Hall–Kier alpha value is -3.75. The zero-order valence-electron chi connectivity index (χ0n) is 20.9. The van der Waals surface area contributed by atoms with Gasteiger partial charge in [0.2, 0.25) is 0 Å². The van der Waals surface area contributed by atoms with Crippen molar-refractivity contribution in [2.75, 3.05) is 30.3 Å². The maximum absolute atomic E-state index is 13.0. The molecule has 2 fully saturated rings. The maximum atomic E-state index is 13.0. The Morgan fingerprint density at radius 1 is 1.11 bits per heavy atom. The van der Waals surface area contributed by atoms with Gasteiger partial charge in [-0.1, -0.05) is 43.3 Å². The van der Waals surface area contributed by atoms with Crippen LogP contribution in [0.2, 0.25) is 0 Å². The third-order valence-electron chi connectivity index (χ3n) is 7.65. The molecule has 3 aromatic rings. The fraction of sp³-hybridized carbons (Fsp3) is 0.345. The molecule has 6 rings (SSSR count). The third kappa shape index (κ3) is 4.58. The van der Waals surface area contributed by atoms with Crippen LogP contribution in [0.3, 0.4) is 0 Å². The predicted molar refractivity (Wildman–Crippen MR) is 141 cm³/mol. The van der Waals surface area contributed by atoms with Gasteiger partial charge in [-0.2, -0.15) is 0 Å². The Morgan fingerprint density at radius 2 is 1.97 bits per heavy atom. The molecule has 0 radical (unpaired) electrons. The van der Waals surface area contributed by atoms with Gasteiger partial charge in [0.25, 0.3) is 5.91 Å². The average molecular weight is 498 g/mol. The van der Waals surface area contributed by atoms with Gasteiger partial charge in [0.05, 0.1) is 18.3 Å². The number of aromatic nitrogens is 1. The number of carbonyl (C=O) groups excluding carboxylic acids is 2. The van der Waals surface area contributed by atoms with Crippen LogP contribution >= 0.6 is 0 Å². The van der Waals surface area contributed by atoms with Gasteiger partial charge < -0.3 is 15.0 Å². The van der Waals surface area contributed by atoms with Crippen molar-refractivity contribution in [2.45, 2.75) is 44.5 Å². The van der Waals surface area contributed by atoms with Gasteiger partial charge in [0, 0.05) is 30.4 Å². The minimum atomic E-state index is -0.452. The highest BCUT2D eigenvalue weighted by Gasteiger charge is 2.46. The lowest BCUT2D eigenvalue weighted by atomic mass is 9.99. The Kier molecular flexibility index (Phi) is 6.36. The van der Waals surface area contributed by atoms with Gasteiger partial charge in [0.1, 0.15) is 5.82 Å². The molecule has 0 saturated carbocycles. The summed E-state index contributed by atoms with van der Waals surface area (Å²) in [5.74, 6) is 0.862. The molecule has 3 aliphatic rings. The van der Waals surface area contributed by atoms with Gasteiger partial charge in [-0.25, -0.2) is 9.78 Å². The minimum Gasteiger partial charge on any atom is -0.352 e. The van der Waals surface area contributed by atoms with E-state index in [1.807, 2.05) is 31.2 Å². The molecule has 4 heterocycles. The molecule has 2 aromatic carbocycles. The summed E-state index contributed by atoms with van der Waals surface area (Å²) >= 11 is 0. The Morgan fingerprint density at radius 3 is 2.81 bits per heavy atom. The summed E-state index contributed by atoms with van der Waals surface area (Å²) < 4.78 is 5.95. The van der Waals surface area contributed by atoms with E-state index in [9.17, 15) is 9.59 Å². The summed E-state index contributed by atoms with van der Waals surface area (Å²) in [6.07, 6.45) is 3.20. The highest BCUT2D eigenvalue weighted by molar-refractivity contribution is 6.05. The molecule has 8 heteroatoms. The van der Waals surface area contributed by atoms with E-state index in [1.54, 1.807) is 23.2 Å². The fourth-order valence-corrected chi connectivity index (χ4v) is 5.76. The Bertz CT molecular complexity index is 1310. The molecule has 3 amide bonds. The smallest absolute Gasteiger partial charge is 0.324 e. The van der Waals surface area contributed by atoms with Crippen LogP contribution in [0.25, 0.3) is 0 Å². The first-order chi connectivity index (χ1) is 18.1. The molecule has 8 nitrogen and oxygen atoms in total. The molecule has 3 aliphatic heterocycles. The zero-order chi connectivity index (χ0) is 25.4. The van der Waals surface area contributed by atoms with E-state index >= 15 is 0 Å². The number of likely N-dealkylation sites (tertiary alicyclic amines) is 1. The van der Waals surface area contributed by atoms with E-state index in [2.05, 4.69) is 44.8 Å². The molecule has 2 saturated heterocycles. The lowest BCUT2D eigenvalue weighted by molar-refractivity contribution is 0.0355. The van der Waals surface area contributed by atoms with Gasteiger partial charge in [-0.05, 0) is 60.7 Å². The summed E-state index contributed by atoms with van der Waals surface area (Å²) in [4.78, 5) is 34.5. The Balaban J connectivity index is 1.12. The van der Waals surface area contributed by atoms with E-state index in [0.717, 1.165) is 38.0 Å². The van der Waals surface area contributed by atoms with Crippen LogP contribution in [0.5, 0.6) is 0 Å².